The van der Waals surface area contributed by atoms with E-state index in [0.29, 0.717) is 30.6 Å². The number of nitrogens with one attached hydrogen (secondary N) is 1. The number of para-hydroxylation sites is 2. The van der Waals surface area contributed by atoms with Gasteiger partial charge in [0.25, 0.3) is 5.91 Å². The molecule has 2 rings (SSSR count). The lowest BCUT2D eigenvalue weighted by Crippen LogP contribution is -2.14. The quantitative estimate of drug-likeness (QED) is 0.489. The molecule has 0 saturated carbocycles. The molecule has 0 atom stereocenters. The molecular weight excluding hydrogens is 352 g/mol. The van der Waals surface area contributed by atoms with E-state index in [1.807, 2.05) is 43.3 Å². The van der Waals surface area contributed by atoms with Crippen LogP contribution in [0.3, 0.4) is 0 Å². The van der Waals surface area contributed by atoms with Crippen LogP contribution in [0.25, 0.3) is 6.08 Å². The summed E-state index contributed by atoms with van der Waals surface area (Å²) in [4.78, 5) is 12.5. The number of carbonyl (C=O) groups is 1. The van der Waals surface area contributed by atoms with E-state index >= 15 is 0 Å². The highest BCUT2D eigenvalue weighted by atomic mass is 16.5. The lowest BCUT2D eigenvalue weighted by atomic mass is 10.1. The average Bonchev–Trinajstić information content (AvgIpc) is 2.68. The normalized spacial score (nSPS) is 11.0. The van der Waals surface area contributed by atoms with Gasteiger partial charge in [-0.15, -0.1) is 0 Å². The van der Waals surface area contributed by atoms with Crippen molar-refractivity contribution in [2.24, 2.45) is 5.92 Å². The fourth-order valence-corrected chi connectivity index (χ4v) is 2.43. The van der Waals surface area contributed by atoms with Crippen LogP contribution in [0.2, 0.25) is 0 Å². The Labute approximate surface area is 166 Å². The van der Waals surface area contributed by atoms with Crippen molar-refractivity contribution in [3.05, 3.63) is 59.7 Å². The predicted octanol–water partition coefficient (Wildman–Crippen LogP) is 5.06. The highest BCUT2D eigenvalue weighted by molar-refractivity contribution is 6.10. The first-order valence-corrected chi connectivity index (χ1v) is 9.41. The van der Waals surface area contributed by atoms with Gasteiger partial charge in [-0.2, -0.15) is 5.26 Å². The van der Waals surface area contributed by atoms with Crippen LogP contribution in [-0.2, 0) is 4.79 Å². The zero-order chi connectivity index (χ0) is 20.4. The molecule has 0 fully saturated rings. The summed E-state index contributed by atoms with van der Waals surface area (Å²) in [6.45, 7) is 7.32. The van der Waals surface area contributed by atoms with Crippen LogP contribution in [0, 0.1) is 17.2 Å². The molecule has 2 aromatic carbocycles. The van der Waals surface area contributed by atoms with E-state index in [0.717, 1.165) is 17.7 Å². The van der Waals surface area contributed by atoms with Gasteiger partial charge in [-0.05, 0) is 55.2 Å². The van der Waals surface area contributed by atoms with Gasteiger partial charge in [-0.1, -0.05) is 38.1 Å². The van der Waals surface area contributed by atoms with E-state index in [-0.39, 0.29) is 5.57 Å². The SMILES string of the molecule is CCOc1ccccc1NC(=O)/C(C#N)=C/c1ccc(OCCC(C)C)cc1. The molecule has 0 aliphatic carbocycles. The van der Waals surface area contributed by atoms with Crippen molar-refractivity contribution in [3.8, 4) is 17.6 Å². The number of hydrogen-bond donors (Lipinski definition) is 1. The fraction of sp³-hybridized carbons (Fsp3) is 0.304. The Balaban J connectivity index is 2.07. The summed E-state index contributed by atoms with van der Waals surface area (Å²) in [5, 5.41) is 12.1. The molecule has 146 valence electrons. The minimum atomic E-state index is -0.480. The summed E-state index contributed by atoms with van der Waals surface area (Å²) in [5.74, 6) is 1.45. The maximum absolute atomic E-state index is 12.5. The largest absolute Gasteiger partial charge is 0.494 e. The predicted molar refractivity (Wildman–Crippen MR) is 111 cm³/mol. The van der Waals surface area contributed by atoms with E-state index in [4.69, 9.17) is 9.47 Å². The maximum Gasteiger partial charge on any atom is 0.266 e. The first-order valence-electron chi connectivity index (χ1n) is 9.41. The molecule has 28 heavy (non-hydrogen) atoms. The summed E-state index contributed by atoms with van der Waals surface area (Å²) in [5.41, 5.74) is 1.30. The Bertz CT molecular complexity index is 849. The lowest BCUT2D eigenvalue weighted by molar-refractivity contribution is -0.112. The van der Waals surface area contributed by atoms with E-state index in [2.05, 4.69) is 19.2 Å². The molecule has 0 aliphatic rings. The topological polar surface area (TPSA) is 71.3 Å². The second-order valence-corrected chi connectivity index (χ2v) is 6.65. The Morgan fingerprint density at radius 2 is 1.86 bits per heavy atom. The second kappa shape index (κ2) is 10.8. The molecule has 0 bridgehead atoms. The van der Waals surface area contributed by atoms with Crippen molar-refractivity contribution < 1.29 is 14.3 Å². The third-order valence-electron chi connectivity index (χ3n) is 3.96. The molecule has 1 N–H and O–H groups in total. The zero-order valence-electron chi connectivity index (χ0n) is 16.6. The third-order valence-corrected chi connectivity index (χ3v) is 3.96. The number of amides is 1. The molecule has 0 unspecified atom stereocenters. The first-order chi connectivity index (χ1) is 13.5. The Morgan fingerprint density at radius 1 is 1.14 bits per heavy atom. The van der Waals surface area contributed by atoms with Crippen LogP contribution in [0.5, 0.6) is 11.5 Å². The zero-order valence-corrected chi connectivity index (χ0v) is 16.6. The van der Waals surface area contributed by atoms with Crippen molar-refractivity contribution in [2.45, 2.75) is 27.2 Å². The van der Waals surface area contributed by atoms with Gasteiger partial charge in [0.15, 0.2) is 0 Å². The number of rotatable bonds is 9. The average molecular weight is 378 g/mol. The number of anilines is 1. The van der Waals surface area contributed by atoms with Crippen LogP contribution < -0.4 is 14.8 Å². The molecule has 0 heterocycles. The molecule has 0 spiro atoms. The van der Waals surface area contributed by atoms with E-state index in [1.165, 1.54) is 0 Å². The van der Waals surface area contributed by atoms with Crippen molar-refractivity contribution in [2.75, 3.05) is 18.5 Å². The Kier molecular flexibility index (Phi) is 8.11. The van der Waals surface area contributed by atoms with Crippen molar-refractivity contribution in [1.82, 2.24) is 0 Å². The number of benzene rings is 2. The van der Waals surface area contributed by atoms with Gasteiger partial charge in [0.05, 0.1) is 18.9 Å². The molecular formula is C23H26N2O3. The molecule has 5 nitrogen and oxygen atoms in total. The van der Waals surface area contributed by atoms with Crippen LogP contribution in [-0.4, -0.2) is 19.1 Å². The van der Waals surface area contributed by atoms with Crippen LogP contribution in [0.15, 0.2) is 54.1 Å². The molecule has 0 saturated heterocycles. The number of hydrogen-bond acceptors (Lipinski definition) is 4. The summed E-state index contributed by atoms with van der Waals surface area (Å²) in [6.07, 6.45) is 2.54. The summed E-state index contributed by atoms with van der Waals surface area (Å²) < 4.78 is 11.2. The molecule has 0 aromatic heterocycles. The van der Waals surface area contributed by atoms with Crippen molar-refractivity contribution in [1.29, 1.82) is 5.26 Å². The van der Waals surface area contributed by atoms with Crippen molar-refractivity contribution >= 4 is 17.7 Å². The molecule has 1 amide bonds. The van der Waals surface area contributed by atoms with Crippen LogP contribution in [0.1, 0.15) is 32.8 Å². The van der Waals surface area contributed by atoms with E-state index in [1.54, 1.807) is 24.3 Å². The number of ether oxygens (including phenoxy) is 2. The number of carbonyl (C=O) groups excluding carboxylic acids is 1. The van der Waals surface area contributed by atoms with Crippen LogP contribution >= 0.6 is 0 Å². The molecule has 5 heteroatoms. The highest BCUT2D eigenvalue weighted by Gasteiger charge is 2.12. The van der Waals surface area contributed by atoms with Gasteiger partial charge in [-0.3, -0.25) is 4.79 Å². The van der Waals surface area contributed by atoms with E-state index in [9.17, 15) is 10.1 Å². The van der Waals surface area contributed by atoms with Gasteiger partial charge in [0.2, 0.25) is 0 Å². The smallest absolute Gasteiger partial charge is 0.266 e. The molecule has 0 radical (unpaired) electrons. The standard InChI is InChI=1S/C23H26N2O3/c1-4-27-22-8-6-5-7-21(22)25-23(26)19(16-24)15-18-9-11-20(12-10-18)28-14-13-17(2)3/h5-12,15,17H,4,13-14H2,1-3H3,(H,25,26)/b19-15+. The molecule has 0 aliphatic heterocycles. The van der Waals surface area contributed by atoms with Crippen LogP contribution in [0.4, 0.5) is 5.69 Å². The monoisotopic (exact) mass is 378 g/mol. The number of nitriles is 1. The highest BCUT2D eigenvalue weighted by Crippen LogP contribution is 2.24. The fourth-order valence-electron chi connectivity index (χ4n) is 2.43. The second-order valence-electron chi connectivity index (χ2n) is 6.65. The minimum absolute atomic E-state index is 0.0137. The van der Waals surface area contributed by atoms with Gasteiger partial charge in [0, 0.05) is 0 Å². The third kappa shape index (κ3) is 6.48. The Morgan fingerprint density at radius 3 is 2.50 bits per heavy atom. The first kappa shape index (κ1) is 21.0. The van der Waals surface area contributed by atoms with E-state index < -0.39 is 5.91 Å². The van der Waals surface area contributed by atoms with Gasteiger partial charge >= 0.3 is 0 Å². The maximum atomic E-state index is 12.5. The lowest BCUT2D eigenvalue weighted by Gasteiger charge is -2.11. The summed E-state index contributed by atoms with van der Waals surface area (Å²) >= 11 is 0. The summed E-state index contributed by atoms with van der Waals surface area (Å²) in [7, 11) is 0. The van der Waals surface area contributed by atoms with Crippen molar-refractivity contribution in [3.63, 3.8) is 0 Å². The number of nitrogens with zero attached hydrogens (tertiary/aromatic N) is 1. The Hall–Kier alpha value is -3.26. The summed E-state index contributed by atoms with van der Waals surface area (Å²) in [6, 6.07) is 16.4. The molecule has 2 aromatic rings. The van der Waals surface area contributed by atoms with Gasteiger partial charge in [0.1, 0.15) is 23.1 Å². The van der Waals surface area contributed by atoms with Gasteiger partial charge < -0.3 is 14.8 Å². The minimum Gasteiger partial charge on any atom is -0.494 e. The van der Waals surface area contributed by atoms with Gasteiger partial charge in [-0.25, -0.2) is 0 Å².